The third-order valence-corrected chi connectivity index (χ3v) is 5.15. The van der Waals surface area contributed by atoms with Gasteiger partial charge in [-0.1, -0.05) is 35.9 Å². The van der Waals surface area contributed by atoms with Crippen LogP contribution in [0, 0.1) is 11.3 Å². The normalized spacial score (nSPS) is 11.4. The van der Waals surface area contributed by atoms with Gasteiger partial charge in [-0.2, -0.15) is 5.26 Å². The quantitative estimate of drug-likeness (QED) is 0.422. The van der Waals surface area contributed by atoms with Gasteiger partial charge in [-0.05, 0) is 41.8 Å². The summed E-state index contributed by atoms with van der Waals surface area (Å²) >= 11 is 6.27. The Morgan fingerprint density at radius 2 is 1.59 bits per heavy atom. The van der Waals surface area contributed by atoms with Crippen molar-refractivity contribution in [3.8, 4) is 11.8 Å². The van der Waals surface area contributed by atoms with Crippen LogP contribution in [0.5, 0.6) is 0 Å². The van der Waals surface area contributed by atoms with Crippen molar-refractivity contribution >= 4 is 38.8 Å². The summed E-state index contributed by atoms with van der Waals surface area (Å²) in [6, 6.07) is 19.5. The second kappa shape index (κ2) is 5.44. The molecule has 6 heteroatoms. The molecule has 0 spiro atoms. The zero-order valence-corrected chi connectivity index (χ0v) is 14.6. The van der Waals surface area contributed by atoms with Gasteiger partial charge in [0, 0.05) is 5.39 Å². The lowest BCUT2D eigenvalue weighted by Gasteiger charge is -2.06. The van der Waals surface area contributed by atoms with Gasteiger partial charge in [-0.15, -0.1) is 0 Å². The maximum absolute atomic E-state index is 13.2. The molecule has 0 bridgehead atoms. The Balaban J connectivity index is 2.04. The Labute approximate surface area is 157 Å². The van der Waals surface area contributed by atoms with Gasteiger partial charge in [-0.3, -0.25) is 9.36 Å². The van der Waals surface area contributed by atoms with Gasteiger partial charge in [0.25, 0.3) is 5.56 Å². The minimum atomic E-state index is -0.460. The predicted molar refractivity (Wildman–Crippen MR) is 105 cm³/mol. The number of hydrogen-bond donors (Lipinski definition) is 0. The summed E-state index contributed by atoms with van der Waals surface area (Å²) in [5.41, 5.74) is 1.38. The van der Waals surface area contributed by atoms with Crippen LogP contribution in [0.1, 0.15) is 5.56 Å². The van der Waals surface area contributed by atoms with Gasteiger partial charge < -0.3 is 0 Å². The number of aromatic nitrogens is 2. The minimum Gasteiger partial charge on any atom is -0.268 e. The van der Waals surface area contributed by atoms with Gasteiger partial charge in [0.1, 0.15) is 0 Å². The van der Waals surface area contributed by atoms with Crippen LogP contribution in [0.3, 0.4) is 0 Å². The number of nitrogens with zero attached hydrogens (tertiary/aromatic N) is 3. The number of halogens is 1. The number of pyridine rings is 1. The maximum atomic E-state index is 13.2. The van der Waals surface area contributed by atoms with E-state index in [0.717, 1.165) is 10.8 Å². The molecule has 0 aliphatic rings. The van der Waals surface area contributed by atoms with E-state index < -0.39 is 11.2 Å². The Kier molecular flexibility index (Phi) is 3.15. The Morgan fingerprint density at radius 1 is 0.889 bits per heavy atom. The summed E-state index contributed by atoms with van der Waals surface area (Å²) in [5.74, 6) is 0. The molecular formula is C21H10ClN3O2. The van der Waals surface area contributed by atoms with Gasteiger partial charge in [0.05, 0.1) is 38.8 Å². The zero-order chi connectivity index (χ0) is 18.7. The van der Waals surface area contributed by atoms with Crippen LogP contribution >= 0.6 is 11.6 Å². The summed E-state index contributed by atoms with van der Waals surface area (Å²) in [6.45, 7) is 0. The highest BCUT2D eigenvalue weighted by atomic mass is 35.5. The van der Waals surface area contributed by atoms with Crippen molar-refractivity contribution in [2.75, 3.05) is 0 Å². The van der Waals surface area contributed by atoms with E-state index in [-0.39, 0.29) is 0 Å². The highest BCUT2D eigenvalue weighted by Crippen LogP contribution is 2.30. The fraction of sp³-hybridized carbons (Fsp3) is 0. The van der Waals surface area contributed by atoms with Crippen molar-refractivity contribution < 1.29 is 0 Å². The predicted octanol–water partition coefficient (Wildman–Crippen LogP) is 3.72. The molecule has 5 aromatic rings. The highest BCUT2D eigenvalue weighted by molar-refractivity contribution is 6.36. The molecule has 2 aromatic heterocycles. The first kappa shape index (κ1) is 15.6. The van der Waals surface area contributed by atoms with Crippen molar-refractivity contribution in [3.63, 3.8) is 0 Å². The molecule has 0 unspecified atom stereocenters. The van der Waals surface area contributed by atoms with Crippen LogP contribution in [-0.4, -0.2) is 8.97 Å². The number of imidazole rings is 1. The summed E-state index contributed by atoms with van der Waals surface area (Å²) in [4.78, 5) is 26.3. The van der Waals surface area contributed by atoms with Crippen molar-refractivity contribution in [1.82, 2.24) is 8.97 Å². The van der Waals surface area contributed by atoms with E-state index in [2.05, 4.69) is 6.07 Å². The van der Waals surface area contributed by atoms with E-state index in [1.807, 2.05) is 18.2 Å². The molecule has 5 nitrogen and oxygen atoms in total. The van der Waals surface area contributed by atoms with Crippen LogP contribution in [0.2, 0.25) is 5.02 Å². The van der Waals surface area contributed by atoms with Crippen LogP contribution in [0.25, 0.3) is 32.9 Å². The molecule has 5 rings (SSSR count). The Hall–Kier alpha value is -3.62. The smallest absolute Gasteiger partial charge is 0.268 e. The van der Waals surface area contributed by atoms with Crippen molar-refractivity contribution in [1.29, 1.82) is 5.26 Å². The third-order valence-electron chi connectivity index (χ3n) is 4.84. The summed E-state index contributed by atoms with van der Waals surface area (Å²) < 4.78 is 2.66. The molecule has 0 saturated carbocycles. The molecule has 0 amide bonds. The van der Waals surface area contributed by atoms with E-state index in [1.54, 1.807) is 42.5 Å². The van der Waals surface area contributed by atoms with E-state index >= 15 is 0 Å². The minimum absolute atomic E-state index is 0.318. The molecule has 2 heterocycles. The van der Waals surface area contributed by atoms with E-state index in [4.69, 9.17) is 16.9 Å². The topological polar surface area (TPSA) is 67.3 Å². The fourth-order valence-corrected chi connectivity index (χ4v) is 3.92. The monoisotopic (exact) mass is 371 g/mol. The molecule has 0 aliphatic heterocycles. The van der Waals surface area contributed by atoms with Crippen molar-refractivity contribution in [2.45, 2.75) is 0 Å². The SMILES string of the molecule is N#Cc1ccc(-n2c(=O)n3c(=O)c4c(Cl)cccc4c4cccc2c43)cc1. The molecule has 128 valence electrons. The Bertz CT molecular complexity index is 1520. The van der Waals surface area contributed by atoms with Crippen LogP contribution in [0.15, 0.2) is 70.3 Å². The molecule has 27 heavy (non-hydrogen) atoms. The number of benzene rings is 3. The van der Waals surface area contributed by atoms with Crippen LogP contribution in [0.4, 0.5) is 0 Å². The van der Waals surface area contributed by atoms with Crippen LogP contribution < -0.4 is 11.2 Å². The standard InChI is InChI=1S/C21H10ClN3O2/c22-16-5-1-3-14-15-4-2-6-17-19(15)25(20(26)18(14)16)21(27)24(17)13-9-7-12(11-23)8-10-13/h1-10H. The first-order valence-corrected chi connectivity index (χ1v) is 8.60. The lowest BCUT2D eigenvalue weighted by atomic mass is 10.1. The number of hydrogen-bond acceptors (Lipinski definition) is 3. The molecule has 0 saturated heterocycles. The number of para-hydroxylation sites is 1. The number of fused-ring (bicyclic) bond motifs is 2. The molecule has 0 N–H and O–H groups in total. The van der Waals surface area contributed by atoms with Gasteiger partial charge in [0.2, 0.25) is 0 Å². The molecule has 3 aromatic carbocycles. The van der Waals surface area contributed by atoms with Crippen molar-refractivity contribution in [2.24, 2.45) is 0 Å². The fourth-order valence-electron chi connectivity index (χ4n) is 3.66. The van der Waals surface area contributed by atoms with Crippen LogP contribution in [-0.2, 0) is 0 Å². The second-order valence-electron chi connectivity index (χ2n) is 6.25. The summed E-state index contributed by atoms with van der Waals surface area (Å²) in [7, 11) is 0. The van der Waals surface area contributed by atoms with E-state index in [9.17, 15) is 9.59 Å². The van der Waals surface area contributed by atoms with Gasteiger partial charge in [0.15, 0.2) is 0 Å². The lowest BCUT2D eigenvalue weighted by molar-refractivity contribution is 0.944. The van der Waals surface area contributed by atoms with E-state index in [1.165, 1.54) is 8.97 Å². The largest absolute Gasteiger partial charge is 0.340 e. The number of rotatable bonds is 1. The number of nitriles is 1. The summed E-state index contributed by atoms with van der Waals surface area (Å²) in [6.07, 6.45) is 0. The van der Waals surface area contributed by atoms with Gasteiger partial charge >= 0.3 is 5.69 Å². The first-order valence-electron chi connectivity index (χ1n) is 8.22. The molecule has 0 aliphatic carbocycles. The average Bonchev–Trinajstić information content (AvgIpc) is 2.99. The second-order valence-corrected chi connectivity index (χ2v) is 6.66. The highest BCUT2D eigenvalue weighted by Gasteiger charge is 2.20. The maximum Gasteiger partial charge on any atom is 0.340 e. The summed E-state index contributed by atoms with van der Waals surface area (Å²) in [5, 5.41) is 11.1. The first-order chi connectivity index (χ1) is 13.1. The molecule has 0 fully saturated rings. The molecular weight excluding hydrogens is 362 g/mol. The average molecular weight is 372 g/mol. The zero-order valence-electron chi connectivity index (χ0n) is 13.8. The third kappa shape index (κ3) is 1.99. The Morgan fingerprint density at radius 3 is 2.33 bits per heavy atom. The lowest BCUT2D eigenvalue weighted by Crippen LogP contribution is -2.27. The van der Waals surface area contributed by atoms with E-state index in [0.29, 0.717) is 32.7 Å². The van der Waals surface area contributed by atoms with Crippen molar-refractivity contribution in [3.05, 3.63) is 92.1 Å². The molecule has 0 radical (unpaired) electrons. The van der Waals surface area contributed by atoms with Gasteiger partial charge in [-0.25, -0.2) is 9.20 Å². The molecule has 0 atom stereocenters.